The van der Waals surface area contributed by atoms with Crippen molar-refractivity contribution in [1.29, 1.82) is 0 Å². The van der Waals surface area contributed by atoms with E-state index in [0.29, 0.717) is 18.0 Å². The van der Waals surface area contributed by atoms with Crippen molar-refractivity contribution < 1.29 is 14.3 Å². The van der Waals surface area contributed by atoms with Gasteiger partial charge in [0.15, 0.2) is 11.5 Å². The molecule has 0 saturated heterocycles. The maximum absolute atomic E-state index is 11.6. The van der Waals surface area contributed by atoms with E-state index in [9.17, 15) is 4.79 Å². The molecule has 0 radical (unpaired) electrons. The molecular formula is C13H18ClNO3. The molecule has 2 rings (SSSR count). The number of ether oxygens (including phenoxy) is 2. The Balaban J connectivity index is 0.000000771. The van der Waals surface area contributed by atoms with Gasteiger partial charge in [0.1, 0.15) is 5.88 Å². The number of rotatable bonds is 3. The Bertz CT molecular complexity index is 409. The van der Waals surface area contributed by atoms with Gasteiger partial charge in [0.2, 0.25) is 12.7 Å². The molecule has 4 nitrogen and oxygen atoms in total. The monoisotopic (exact) mass is 271 g/mol. The Hall–Kier alpha value is -1.42. The predicted octanol–water partition coefficient (Wildman–Crippen LogP) is 3.03. The minimum Gasteiger partial charge on any atom is -0.454 e. The number of anilines is 1. The quantitative estimate of drug-likeness (QED) is 0.793. The van der Waals surface area contributed by atoms with Crippen LogP contribution in [-0.4, -0.2) is 25.1 Å². The molecule has 1 aliphatic rings. The summed E-state index contributed by atoms with van der Waals surface area (Å²) in [6.07, 6.45) is 0. The number of hydrogen-bond donors (Lipinski definition) is 0. The average molecular weight is 272 g/mol. The zero-order chi connectivity index (χ0) is 13.5. The standard InChI is InChI=1S/C11H12ClNO3.C2H6/c1-2-13(11(14)6-12)8-3-4-9-10(5-8)16-7-15-9;1-2/h3-5H,2,6-7H2,1H3;1-2H3. The average Bonchev–Trinajstić information content (AvgIpc) is 2.89. The number of halogens is 1. The number of alkyl halides is 1. The van der Waals surface area contributed by atoms with Crippen LogP contribution in [0.5, 0.6) is 11.5 Å². The number of carbonyl (C=O) groups excluding carboxylic acids is 1. The molecular weight excluding hydrogens is 254 g/mol. The van der Waals surface area contributed by atoms with Gasteiger partial charge in [-0.15, -0.1) is 11.6 Å². The van der Waals surface area contributed by atoms with E-state index in [4.69, 9.17) is 21.1 Å². The van der Waals surface area contributed by atoms with E-state index in [0.717, 1.165) is 5.69 Å². The predicted molar refractivity (Wildman–Crippen MR) is 72.7 cm³/mol. The molecule has 0 unspecified atom stereocenters. The highest BCUT2D eigenvalue weighted by Gasteiger charge is 2.18. The fourth-order valence-corrected chi connectivity index (χ4v) is 1.77. The molecule has 0 atom stereocenters. The fourth-order valence-electron chi connectivity index (χ4n) is 1.63. The van der Waals surface area contributed by atoms with Gasteiger partial charge in [-0.05, 0) is 19.1 Å². The first-order chi connectivity index (χ1) is 8.76. The van der Waals surface area contributed by atoms with Gasteiger partial charge in [-0.25, -0.2) is 0 Å². The van der Waals surface area contributed by atoms with Crippen molar-refractivity contribution in [2.24, 2.45) is 0 Å². The van der Waals surface area contributed by atoms with Crippen molar-refractivity contribution in [2.45, 2.75) is 20.8 Å². The Labute approximate surface area is 112 Å². The van der Waals surface area contributed by atoms with Crippen LogP contribution >= 0.6 is 11.6 Å². The van der Waals surface area contributed by atoms with Crippen LogP contribution in [-0.2, 0) is 4.79 Å². The summed E-state index contributed by atoms with van der Waals surface area (Å²) in [5, 5.41) is 0. The number of nitrogens with zero attached hydrogens (tertiary/aromatic N) is 1. The van der Waals surface area contributed by atoms with E-state index in [1.165, 1.54) is 0 Å². The van der Waals surface area contributed by atoms with Crippen LogP contribution < -0.4 is 14.4 Å². The minimum atomic E-state index is -0.122. The molecule has 100 valence electrons. The molecule has 1 heterocycles. The van der Waals surface area contributed by atoms with Gasteiger partial charge >= 0.3 is 0 Å². The van der Waals surface area contributed by atoms with Crippen molar-refractivity contribution in [3.63, 3.8) is 0 Å². The van der Waals surface area contributed by atoms with Crippen LogP contribution in [0, 0.1) is 0 Å². The zero-order valence-corrected chi connectivity index (χ0v) is 11.7. The highest BCUT2D eigenvalue weighted by molar-refractivity contribution is 6.29. The van der Waals surface area contributed by atoms with Crippen molar-refractivity contribution in [3.05, 3.63) is 18.2 Å². The van der Waals surface area contributed by atoms with Gasteiger partial charge < -0.3 is 14.4 Å². The molecule has 18 heavy (non-hydrogen) atoms. The Morgan fingerprint density at radius 3 is 2.61 bits per heavy atom. The summed E-state index contributed by atoms with van der Waals surface area (Å²) in [5.41, 5.74) is 0.775. The Morgan fingerprint density at radius 2 is 2.00 bits per heavy atom. The summed E-state index contributed by atoms with van der Waals surface area (Å²) in [6, 6.07) is 5.40. The summed E-state index contributed by atoms with van der Waals surface area (Å²) < 4.78 is 10.5. The van der Waals surface area contributed by atoms with Gasteiger partial charge in [-0.1, -0.05) is 13.8 Å². The van der Waals surface area contributed by atoms with Crippen LogP contribution in [0.2, 0.25) is 0 Å². The van der Waals surface area contributed by atoms with E-state index >= 15 is 0 Å². The smallest absolute Gasteiger partial charge is 0.241 e. The van der Waals surface area contributed by atoms with Crippen molar-refractivity contribution in [2.75, 3.05) is 24.1 Å². The first-order valence-electron chi connectivity index (χ1n) is 6.02. The number of carbonyl (C=O) groups is 1. The number of amides is 1. The molecule has 0 saturated carbocycles. The van der Waals surface area contributed by atoms with E-state index in [2.05, 4.69) is 0 Å². The second-order valence-corrected chi connectivity index (χ2v) is 3.58. The van der Waals surface area contributed by atoms with Gasteiger partial charge in [0.25, 0.3) is 0 Å². The fraction of sp³-hybridized carbons (Fsp3) is 0.462. The van der Waals surface area contributed by atoms with Gasteiger partial charge in [-0.3, -0.25) is 4.79 Å². The van der Waals surface area contributed by atoms with Crippen LogP contribution in [0.4, 0.5) is 5.69 Å². The summed E-state index contributed by atoms with van der Waals surface area (Å²) in [7, 11) is 0. The molecule has 1 amide bonds. The summed E-state index contributed by atoms with van der Waals surface area (Å²) in [5.74, 6) is 1.22. The first-order valence-corrected chi connectivity index (χ1v) is 6.55. The summed E-state index contributed by atoms with van der Waals surface area (Å²) >= 11 is 5.55. The molecule has 0 aliphatic carbocycles. The van der Waals surface area contributed by atoms with Gasteiger partial charge in [0, 0.05) is 18.3 Å². The highest BCUT2D eigenvalue weighted by Crippen LogP contribution is 2.35. The third-order valence-electron chi connectivity index (χ3n) is 2.40. The number of fused-ring (bicyclic) bond motifs is 1. The lowest BCUT2D eigenvalue weighted by Crippen LogP contribution is -2.31. The minimum absolute atomic E-state index is 0.0255. The number of hydrogen-bond acceptors (Lipinski definition) is 3. The Morgan fingerprint density at radius 1 is 1.33 bits per heavy atom. The molecule has 0 bridgehead atoms. The number of benzene rings is 1. The molecule has 0 N–H and O–H groups in total. The molecule has 1 aromatic carbocycles. The lowest BCUT2D eigenvalue weighted by molar-refractivity contribution is -0.116. The largest absolute Gasteiger partial charge is 0.454 e. The lowest BCUT2D eigenvalue weighted by Gasteiger charge is -2.20. The second kappa shape index (κ2) is 7.11. The maximum Gasteiger partial charge on any atom is 0.241 e. The highest BCUT2D eigenvalue weighted by atomic mass is 35.5. The molecule has 0 spiro atoms. The van der Waals surface area contributed by atoms with E-state index in [-0.39, 0.29) is 18.6 Å². The van der Waals surface area contributed by atoms with Crippen LogP contribution in [0.15, 0.2) is 18.2 Å². The van der Waals surface area contributed by atoms with Crippen LogP contribution in [0.3, 0.4) is 0 Å². The molecule has 1 aromatic rings. The first kappa shape index (κ1) is 14.6. The molecule has 1 aliphatic heterocycles. The topological polar surface area (TPSA) is 38.8 Å². The van der Waals surface area contributed by atoms with E-state index in [1.807, 2.05) is 26.8 Å². The molecule has 5 heteroatoms. The molecule has 0 aromatic heterocycles. The molecule has 0 fully saturated rings. The Kier molecular flexibility index (Phi) is 5.78. The maximum atomic E-state index is 11.6. The van der Waals surface area contributed by atoms with Crippen molar-refractivity contribution in [1.82, 2.24) is 0 Å². The summed E-state index contributed by atoms with van der Waals surface area (Å²) in [6.45, 7) is 6.70. The third kappa shape index (κ3) is 3.07. The van der Waals surface area contributed by atoms with Crippen molar-refractivity contribution in [3.8, 4) is 11.5 Å². The van der Waals surface area contributed by atoms with Gasteiger partial charge in [0.05, 0.1) is 0 Å². The van der Waals surface area contributed by atoms with Crippen molar-refractivity contribution >= 4 is 23.2 Å². The third-order valence-corrected chi connectivity index (χ3v) is 2.63. The summed E-state index contributed by atoms with van der Waals surface area (Å²) in [4.78, 5) is 13.2. The normalized spacial score (nSPS) is 11.6. The van der Waals surface area contributed by atoms with Crippen LogP contribution in [0.1, 0.15) is 20.8 Å². The van der Waals surface area contributed by atoms with E-state index in [1.54, 1.807) is 17.0 Å². The zero-order valence-electron chi connectivity index (χ0n) is 10.9. The van der Waals surface area contributed by atoms with E-state index < -0.39 is 0 Å². The van der Waals surface area contributed by atoms with Crippen LogP contribution in [0.25, 0.3) is 0 Å². The SMILES string of the molecule is CC.CCN(C(=O)CCl)c1ccc2c(c1)OCO2. The second-order valence-electron chi connectivity index (χ2n) is 3.31. The van der Waals surface area contributed by atoms with Gasteiger partial charge in [-0.2, -0.15) is 0 Å². The lowest BCUT2D eigenvalue weighted by atomic mass is 10.2.